The molecule has 0 radical (unpaired) electrons. The Morgan fingerprint density at radius 2 is 1.38 bits per heavy atom. The quantitative estimate of drug-likeness (QED) is 0.678. The zero-order chi connectivity index (χ0) is 12.6. The second-order valence-electron chi connectivity index (χ2n) is 6.07. The maximum atomic E-state index is 12.4. The van der Waals surface area contributed by atoms with Crippen LogP contribution in [0.25, 0.3) is 0 Å². The lowest BCUT2D eigenvalue weighted by atomic mass is 9.65. The van der Waals surface area contributed by atoms with E-state index in [2.05, 4.69) is 20.8 Å². The molecule has 0 unspecified atom stereocenters. The highest BCUT2D eigenvalue weighted by Gasteiger charge is 2.39. The second-order valence-corrected chi connectivity index (χ2v) is 6.07. The highest BCUT2D eigenvalue weighted by atomic mass is 16.1. The van der Waals surface area contributed by atoms with Crippen molar-refractivity contribution in [2.75, 3.05) is 0 Å². The number of Topliss-reactive ketones (excluding diaryl/α,β-unsaturated/α-hetero) is 1. The molecule has 0 saturated heterocycles. The number of aryl methyl sites for hydroxylation is 1. The van der Waals surface area contributed by atoms with Crippen LogP contribution in [0.1, 0.15) is 50.5 Å². The van der Waals surface area contributed by atoms with E-state index in [0.717, 1.165) is 5.56 Å². The molecule has 0 amide bonds. The van der Waals surface area contributed by atoms with Crippen LogP contribution in [-0.4, -0.2) is 5.78 Å². The van der Waals surface area contributed by atoms with Gasteiger partial charge in [-0.15, -0.1) is 0 Å². The van der Waals surface area contributed by atoms with E-state index in [1.54, 1.807) is 0 Å². The molecule has 0 atom stereocenters. The Morgan fingerprint density at radius 3 is 1.75 bits per heavy atom. The van der Waals surface area contributed by atoms with Crippen molar-refractivity contribution in [3.63, 3.8) is 0 Å². The molecule has 0 N–H and O–H groups in total. The van der Waals surface area contributed by atoms with E-state index in [1.165, 1.54) is 5.56 Å². The van der Waals surface area contributed by atoms with Crippen molar-refractivity contribution in [2.45, 2.75) is 41.5 Å². The normalized spacial score (nSPS) is 12.6. The van der Waals surface area contributed by atoms with E-state index in [1.807, 2.05) is 45.0 Å². The molecule has 1 aromatic rings. The molecular formula is C15H22O. The zero-order valence-corrected chi connectivity index (χ0v) is 11.2. The van der Waals surface area contributed by atoms with Gasteiger partial charge in [0.2, 0.25) is 0 Å². The van der Waals surface area contributed by atoms with E-state index in [9.17, 15) is 4.79 Å². The molecular weight excluding hydrogens is 196 g/mol. The van der Waals surface area contributed by atoms with Crippen LogP contribution in [0.4, 0.5) is 0 Å². The van der Waals surface area contributed by atoms with Crippen molar-refractivity contribution in [3.8, 4) is 0 Å². The van der Waals surface area contributed by atoms with Crippen molar-refractivity contribution in [1.82, 2.24) is 0 Å². The summed E-state index contributed by atoms with van der Waals surface area (Å²) in [5.41, 5.74) is 1.62. The van der Waals surface area contributed by atoms with E-state index in [4.69, 9.17) is 0 Å². The smallest absolute Gasteiger partial charge is 0.168 e. The molecule has 0 fully saturated rings. The molecule has 0 heterocycles. The number of benzene rings is 1. The van der Waals surface area contributed by atoms with Crippen molar-refractivity contribution in [3.05, 3.63) is 35.4 Å². The van der Waals surface area contributed by atoms with E-state index in [0.29, 0.717) is 0 Å². The third-order valence-electron chi connectivity index (χ3n) is 3.76. The third-order valence-corrected chi connectivity index (χ3v) is 3.76. The van der Waals surface area contributed by atoms with Gasteiger partial charge in [-0.1, -0.05) is 64.4 Å². The average molecular weight is 218 g/mol. The Balaban J connectivity index is 3.07. The molecule has 0 aromatic heterocycles. The van der Waals surface area contributed by atoms with Crippen molar-refractivity contribution in [2.24, 2.45) is 10.8 Å². The average Bonchev–Trinajstić information content (AvgIpc) is 2.16. The van der Waals surface area contributed by atoms with E-state index >= 15 is 0 Å². The Hall–Kier alpha value is -1.11. The van der Waals surface area contributed by atoms with Crippen molar-refractivity contribution >= 4 is 5.78 Å². The number of rotatable bonds is 2. The molecule has 0 aliphatic heterocycles. The van der Waals surface area contributed by atoms with Crippen LogP contribution in [0.15, 0.2) is 24.3 Å². The summed E-state index contributed by atoms with van der Waals surface area (Å²) in [5.74, 6) is 0.222. The monoisotopic (exact) mass is 218 g/mol. The Morgan fingerprint density at radius 1 is 0.938 bits per heavy atom. The van der Waals surface area contributed by atoms with Crippen LogP contribution in [0.2, 0.25) is 0 Å². The van der Waals surface area contributed by atoms with Gasteiger partial charge < -0.3 is 0 Å². The predicted octanol–water partition coefficient (Wildman–Crippen LogP) is 4.25. The summed E-state index contributed by atoms with van der Waals surface area (Å²) in [4.78, 5) is 12.4. The fourth-order valence-corrected chi connectivity index (χ4v) is 1.41. The van der Waals surface area contributed by atoms with Crippen LogP contribution in [0.3, 0.4) is 0 Å². The van der Waals surface area contributed by atoms with E-state index < -0.39 is 0 Å². The minimum atomic E-state index is -0.345. The molecule has 16 heavy (non-hydrogen) atoms. The SMILES string of the molecule is Cc1ccc(C(=O)C(C)(C)C(C)(C)C)cc1. The number of carbonyl (C=O) groups is 1. The summed E-state index contributed by atoms with van der Waals surface area (Å²) in [5, 5.41) is 0. The van der Waals surface area contributed by atoms with Gasteiger partial charge in [0.05, 0.1) is 0 Å². The number of hydrogen-bond donors (Lipinski definition) is 0. The first-order valence-corrected chi connectivity index (χ1v) is 5.78. The lowest BCUT2D eigenvalue weighted by Crippen LogP contribution is -2.37. The fraction of sp³-hybridized carbons (Fsp3) is 0.533. The first-order valence-electron chi connectivity index (χ1n) is 5.78. The van der Waals surface area contributed by atoms with Gasteiger partial charge in [-0.05, 0) is 12.3 Å². The van der Waals surface area contributed by atoms with Crippen molar-refractivity contribution < 1.29 is 4.79 Å². The minimum Gasteiger partial charge on any atom is -0.294 e. The molecule has 0 aliphatic carbocycles. The molecule has 1 rings (SSSR count). The van der Waals surface area contributed by atoms with Gasteiger partial charge in [-0.3, -0.25) is 4.79 Å². The van der Waals surface area contributed by atoms with E-state index in [-0.39, 0.29) is 16.6 Å². The van der Waals surface area contributed by atoms with Crippen LogP contribution in [0, 0.1) is 17.8 Å². The Kier molecular flexibility index (Phi) is 3.27. The second kappa shape index (κ2) is 4.04. The summed E-state index contributed by atoms with van der Waals surface area (Å²) in [7, 11) is 0. The number of hydrogen-bond acceptors (Lipinski definition) is 1. The minimum absolute atomic E-state index is 0.0328. The van der Waals surface area contributed by atoms with Gasteiger partial charge in [-0.25, -0.2) is 0 Å². The van der Waals surface area contributed by atoms with Crippen LogP contribution in [-0.2, 0) is 0 Å². The van der Waals surface area contributed by atoms with Gasteiger partial charge in [0.1, 0.15) is 0 Å². The van der Waals surface area contributed by atoms with Gasteiger partial charge in [-0.2, -0.15) is 0 Å². The lowest BCUT2D eigenvalue weighted by Gasteiger charge is -2.37. The Labute approximate surface area is 98.9 Å². The molecule has 1 heteroatoms. The van der Waals surface area contributed by atoms with Crippen molar-refractivity contribution in [1.29, 1.82) is 0 Å². The molecule has 0 bridgehead atoms. The maximum Gasteiger partial charge on any atom is 0.168 e. The highest BCUT2D eigenvalue weighted by Crippen LogP contribution is 2.40. The molecule has 1 nitrogen and oxygen atoms in total. The first kappa shape index (κ1) is 13.0. The summed E-state index contributed by atoms with van der Waals surface area (Å²) >= 11 is 0. The molecule has 0 aliphatic rings. The van der Waals surface area contributed by atoms with Gasteiger partial charge in [0, 0.05) is 11.0 Å². The Bertz CT molecular complexity index is 377. The standard InChI is InChI=1S/C15H22O/c1-11-7-9-12(10-8-11)13(16)15(5,6)14(2,3)4/h7-10H,1-6H3. The molecule has 88 valence electrons. The topological polar surface area (TPSA) is 17.1 Å². The molecule has 0 saturated carbocycles. The van der Waals surface area contributed by atoms with Crippen LogP contribution >= 0.6 is 0 Å². The summed E-state index contributed by atoms with van der Waals surface area (Å²) in [6, 6.07) is 7.83. The predicted molar refractivity (Wildman–Crippen MR) is 68.7 cm³/mol. The number of carbonyl (C=O) groups excluding carboxylic acids is 1. The molecule has 0 spiro atoms. The lowest BCUT2D eigenvalue weighted by molar-refractivity contribution is 0.0625. The first-order chi connectivity index (χ1) is 7.16. The maximum absolute atomic E-state index is 12.4. The summed E-state index contributed by atoms with van der Waals surface area (Å²) in [6.45, 7) is 12.4. The largest absolute Gasteiger partial charge is 0.294 e. The van der Waals surface area contributed by atoms with Crippen LogP contribution < -0.4 is 0 Å². The number of ketones is 1. The van der Waals surface area contributed by atoms with Gasteiger partial charge in [0.15, 0.2) is 5.78 Å². The molecule has 1 aromatic carbocycles. The highest BCUT2D eigenvalue weighted by molar-refractivity contribution is 6.00. The summed E-state index contributed by atoms with van der Waals surface area (Å²) < 4.78 is 0. The third kappa shape index (κ3) is 2.34. The van der Waals surface area contributed by atoms with Crippen LogP contribution in [0.5, 0.6) is 0 Å². The summed E-state index contributed by atoms with van der Waals surface area (Å²) in [6.07, 6.45) is 0. The van der Waals surface area contributed by atoms with Gasteiger partial charge >= 0.3 is 0 Å². The zero-order valence-electron chi connectivity index (χ0n) is 11.2. The fourth-order valence-electron chi connectivity index (χ4n) is 1.41. The van der Waals surface area contributed by atoms with Gasteiger partial charge in [0.25, 0.3) is 0 Å².